The average Bonchev–Trinajstić information content (AvgIpc) is 2.44. The molecule has 1 N–H and O–H groups in total. The van der Waals surface area contributed by atoms with Crippen molar-refractivity contribution < 1.29 is 4.74 Å². The number of benzene rings is 1. The van der Waals surface area contributed by atoms with Crippen LogP contribution < -0.4 is 10.1 Å². The number of hydrogen-bond acceptors (Lipinski definition) is 3. The molecule has 3 nitrogen and oxygen atoms in total. The minimum absolute atomic E-state index is 0.189. The number of pyridine rings is 1. The van der Waals surface area contributed by atoms with E-state index in [4.69, 9.17) is 4.74 Å². The molecule has 1 unspecified atom stereocenters. The van der Waals surface area contributed by atoms with Gasteiger partial charge in [-0.05, 0) is 66.5 Å². The van der Waals surface area contributed by atoms with Crippen LogP contribution in [-0.2, 0) is 6.54 Å². The van der Waals surface area contributed by atoms with Gasteiger partial charge in [0.05, 0.1) is 11.8 Å². The summed E-state index contributed by atoms with van der Waals surface area (Å²) in [6.45, 7) is 6.95. The van der Waals surface area contributed by atoms with E-state index in [1.165, 1.54) is 5.56 Å². The summed E-state index contributed by atoms with van der Waals surface area (Å²) < 4.78 is 6.60. The predicted molar refractivity (Wildman–Crippen MR) is 89.4 cm³/mol. The van der Waals surface area contributed by atoms with Crippen LogP contribution >= 0.6 is 15.9 Å². The fraction of sp³-hybridized carbons (Fsp3) is 0.353. The summed E-state index contributed by atoms with van der Waals surface area (Å²) >= 11 is 3.39. The highest BCUT2D eigenvalue weighted by atomic mass is 79.9. The first-order valence-corrected chi connectivity index (χ1v) is 7.95. The van der Waals surface area contributed by atoms with Gasteiger partial charge < -0.3 is 10.1 Å². The molecule has 0 spiro atoms. The predicted octanol–water partition coefficient (Wildman–Crippen LogP) is 4.48. The fourth-order valence-corrected chi connectivity index (χ4v) is 2.43. The zero-order valence-electron chi connectivity index (χ0n) is 12.6. The average molecular weight is 349 g/mol. The zero-order valence-corrected chi connectivity index (χ0v) is 14.2. The highest BCUT2D eigenvalue weighted by Gasteiger charge is 2.07. The molecule has 1 aromatic heterocycles. The van der Waals surface area contributed by atoms with Gasteiger partial charge in [-0.1, -0.05) is 18.2 Å². The van der Waals surface area contributed by atoms with Gasteiger partial charge in [0.2, 0.25) is 0 Å². The van der Waals surface area contributed by atoms with Crippen LogP contribution in [0.25, 0.3) is 0 Å². The second-order valence-corrected chi connectivity index (χ2v) is 6.11. The molecule has 0 radical (unpaired) electrons. The van der Waals surface area contributed by atoms with Crippen LogP contribution in [0.2, 0.25) is 0 Å². The first-order valence-electron chi connectivity index (χ1n) is 7.16. The Hall–Kier alpha value is -1.39. The van der Waals surface area contributed by atoms with E-state index in [2.05, 4.69) is 45.3 Å². The Labute approximate surface area is 134 Å². The number of ether oxygens (including phenoxy) is 1. The van der Waals surface area contributed by atoms with E-state index in [0.29, 0.717) is 0 Å². The van der Waals surface area contributed by atoms with Crippen LogP contribution in [0.15, 0.2) is 47.1 Å². The second kappa shape index (κ2) is 7.57. The quantitative estimate of drug-likeness (QED) is 0.781. The number of rotatable bonds is 6. The molecule has 1 atom stereocenters. The van der Waals surface area contributed by atoms with Gasteiger partial charge in [0.25, 0.3) is 0 Å². The van der Waals surface area contributed by atoms with Crippen molar-refractivity contribution in [3.63, 3.8) is 0 Å². The lowest BCUT2D eigenvalue weighted by molar-refractivity contribution is 0.242. The van der Waals surface area contributed by atoms with E-state index < -0.39 is 0 Å². The van der Waals surface area contributed by atoms with Crippen LogP contribution in [-0.4, -0.2) is 11.1 Å². The summed E-state index contributed by atoms with van der Waals surface area (Å²) in [4.78, 5) is 4.43. The molecule has 2 aromatic rings. The molecule has 1 heterocycles. The fourth-order valence-electron chi connectivity index (χ4n) is 2.05. The van der Waals surface area contributed by atoms with Crippen molar-refractivity contribution in [2.75, 3.05) is 0 Å². The summed E-state index contributed by atoms with van der Waals surface area (Å²) in [5.74, 6) is 0.914. The summed E-state index contributed by atoms with van der Waals surface area (Å²) in [6, 6.07) is 14.4. The number of nitrogens with one attached hydrogen (secondary N) is 1. The molecule has 0 aliphatic heterocycles. The molecule has 0 aliphatic rings. The molecule has 0 bridgehead atoms. The Kier molecular flexibility index (Phi) is 5.76. The molecule has 2 rings (SSSR count). The van der Waals surface area contributed by atoms with Crippen molar-refractivity contribution in [2.45, 2.75) is 39.5 Å². The van der Waals surface area contributed by atoms with Crippen molar-refractivity contribution >= 4 is 15.9 Å². The Morgan fingerprint density at radius 2 is 1.90 bits per heavy atom. The van der Waals surface area contributed by atoms with Crippen molar-refractivity contribution in [3.8, 4) is 5.75 Å². The molecule has 0 amide bonds. The molecule has 21 heavy (non-hydrogen) atoms. The molecule has 0 saturated heterocycles. The van der Waals surface area contributed by atoms with E-state index in [1.807, 2.05) is 44.2 Å². The van der Waals surface area contributed by atoms with Gasteiger partial charge in [0.1, 0.15) is 10.4 Å². The minimum Gasteiger partial charge on any atom is -0.491 e. The van der Waals surface area contributed by atoms with E-state index in [0.717, 1.165) is 22.6 Å². The van der Waals surface area contributed by atoms with E-state index in [-0.39, 0.29) is 12.1 Å². The minimum atomic E-state index is 0.189. The normalized spacial score (nSPS) is 12.4. The van der Waals surface area contributed by atoms with E-state index in [9.17, 15) is 0 Å². The SMILES string of the molecule is CC(C)Oc1cccc(C(C)NCc2cccc(Br)n2)c1. The van der Waals surface area contributed by atoms with Gasteiger partial charge in [0, 0.05) is 12.6 Å². The maximum atomic E-state index is 5.74. The third-order valence-corrected chi connectivity index (χ3v) is 3.53. The van der Waals surface area contributed by atoms with Crippen LogP contribution in [0.3, 0.4) is 0 Å². The molecular weight excluding hydrogens is 328 g/mol. The maximum absolute atomic E-state index is 5.74. The number of halogens is 1. The molecular formula is C17H21BrN2O. The standard InChI is InChI=1S/C17H21BrN2O/c1-12(2)21-16-8-4-6-14(10-16)13(3)19-11-15-7-5-9-17(18)20-15/h4-10,12-13,19H,11H2,1-3H3. The van der Waals surface area contributed by atoms with Crippen molar-refractivity contribution in [2.24, 2.45) is 0 Å². The summed E-state index contributed by atoms with van der Waals surface area (Å²) in [6.07, 6.45) is 0.189. The Bertz CT molecular complexity index is 587. The third kappa shape index (κ3) is 5.14. The highest BCUT2D eigenvalue weighted by molar-refractivity contribution is 9.10. The third-order valence-electron chi connectivity index (χ3n) is 3.09. The summed E-state index contributed by atoms with van der Waals surface area (Å²) in [5, 5.41) is 3.48. The first-order chi connectivity index (χ1) is 10.0. The highest BCUT2D eigenvalue weighted by Crippen LogP contribution is 2.20. The Morgan fingerprint density at radius 1 is 1.14 bits per heavy atom. The van der Waals surface area contributed by atoms with Gasteiger partial charge >= 0.3 is 0 Å². The number of hydrogen-bond donors (Lipinski definition) is 1. The zero-order chi connectivity index (χ0) is 15.2. The van der Waals surface area contributed by atoms with Gasteiger partial charge in [-0.25, -0.2) is 4.98 Å². The smallest absolute Gasteiger partial charge is 0.120 e. The lowest BCUT2D eigenvalue weighted by Crippen LogP contribution is -2.19. The number of nitrogens with zero attached hydrogens (tertiary/aromatic N) is 1. The first kappa shape index (κ1) is 16.0. The molecule has 0 fully saturated rings. The Morgan fingerprint density at radius 3 is 2.62 bits per heavy atom. The lowest BCUT2D eigenvalue weighted by Gasteiger charge is -2.16. The molecule has 0 aliphatic carbocycles. The Balaban J connectivity index is 1.98. The maximum Gasteiger partial charge on any atom is 0.120 e. The van der Waals surface area contributed by atoms with Crippen molar-refractivity contribution in [1.29, 1.82) is 0 Å². The van der Waals surface area contributed by atoms with Crippen molar-refractivity contribution in [3.05, 3.63) is 58.3 Å². The lowest BCUT2D eigenvalue weighted by atomic mass is 10.1. The molecule has 4 heteroatoms. The van der Waals surface area contributed by atoms with Gasteiger partial charge in [-0.15, -0.1) is 0 Å². The molecule has 112 valence electrons. The van der Waals surface area contributed by atoms with Gasteiger partial charge in [0.15, 0.2) is 0 Å². The summed E-state index contributed by atoms with van der Waals surface area (Å²) in [7, 11) is 0. The van der Waals surface area contributed by atoms with Crippen LogP contribution in [0.1, 0.15) is 38.1 Å². The van der Waals surface area contributed by atoms with E-state index >= 15 is 0 Å². The monoisotopic (exact) mass is 348 g/mol. The molecule has 1 aromatic carbocycles. The number of aromatic nitrogens is 1. The second-order valence-electron chi connectivity index (χ2n) is 5.29. The van der Waals surface area contributed by atoms with Crippen LogP contribution in [0.4, 0.5) is 0 Å². The van der Waals surface area contributed by atoms with E-state index in [1.54, 1.807) is 0 Å². The topological polar surface area (TPSA) is 34.1 Å². The largest absolute Gasteiger partial charge is 0.491 e. The van der Waals surface area contributed by atoms with Crippen LogP contribution in [0, 0.1) is 0 Å². The van der Waals surface area contributed by atoms with Gasteiger partial charge in [-0.3, -0.25) is 0 Å². The molecule has 0 saturated carbocycles. The van der Waals surface area contributed by atoms with Crippen molar-refractivity contribution in [1.82, 2.24) is 10.3 Å². The summed E-state index contributed by atoms with van der Waals surface area (Å²) in [5.41, 5.74) is 2.23. The van der Waals surface area contributed by atoms with Crippen LogP contribution in [0.5, 0.6) is 5.75 Å². The van der Waals surface area contributed by atoms with Gasteiger partial charge in [-0.2, -0.15) is 0 Å².